The van der Waals surface area contributed by atoms with Gasteiger partial charge in [0.05, 0.1) is 17.2 Å². The molecule has 6 heteroatoms. The molecule has 0 saturated carbocycles. The summed E-state index contributed by atoms with van der Waals surface area (Å²) in [6, 6.07) is 1.67. The van der Waals surface area contributed by atoms with Crippen molar-refractivity contribution in [2.75, 3.05) is 11.5 Å². The van der Waals surface area contributed by atoms with Crippen LogP contribution in [0.3, 0.4) is 0 Å². The molecule has 1 saturated heterocycles. The van der Waals surface area contributed by atoms with Gasteiger partial charge >= 0.3 is 0 Å². The van der Waals surface area contributed by atoms with Crippen LogP contribution in [0, 0.1) is 0 Å². The molecule has 0 aromatic carbocycles. The summed E-state index contributed by atoms with van der Waals surface area (Å²) in [5, 5.41) is 4.15. The van der Waals surface area contributed by atoms with Crippen LogP contribution in [0.1, 0.15) is 28.5 Å². The number of aldehydes is 1. The van der Waals surface area contributed by atoms with Gasteiger partial charge in [0.1, 0.15) is 5.69 Å². The zero-order valence-electron chi connectivity index (χ0n) is 8.38. The number of aryl methyl sites for hydroxylation is 1. The lowest BCUT2D eigenvalue weighted by atomic mass is 10.1. The molecule has 1 unspecified atom stereocenters. The summed E-state index contributed by atoms with van der Waals surface area (Å²) < 4.78 is 24.0. The predicted molar refractivity (Wildman–Crippen MR) is 54.6 cm³/mol. The molecule has 0 aliphatic carbocycles. The molecule has 1 aromatic heterocycles. The fourth-order valence-electron chi connectivity index (χ4n) is 1.84. The first-order valence-electron chi connectivity index (χ1n) is 4.71. The van der Waals surface area contributed by atoms with E-state index >= 15 is 0 Å². The van der Waals surface area contributed by atoms with Gasteiger partial charge in [0, 0.05) is 13.0 Å². The predicted octanol–water partition coefficient (Wildman–Crippen LogP) is 0.135. The highest BCUT2D eigenvalue weighted by Crippen LogP contribution is 2.27. The Morgan fingerprint density at radius 1 is 1.60 bits per heavy atom. The third-order valence-electron chi connectivity index (χ3n) is 2.71. The summed E-state index contributed by atoms with van der Waals surface area (Å²) in [6.45, 7) is 0. The lowest BCUT2D eigenvalue weighted by Gasteiger charge is -2.01. The summed E-state index contributed by atoms with van der Waals surface area (Å²) in [5.74, 6) is 0.336. The van der Waals surface area contributed by atoms with Crippen LogP contribution in [-0.4, -0.2) is 36.0 Å². The Balaban J connectivity index is 2.28. The molecule has 1 aliphatic heterocycles. The Morgan fingerprint density at radius 2 is 2.33 bits per heavy atom. The topological polar surface area (TPSA) is 69.0 Å². The normalized spacial score (nSPS) is 24.2. The highest BCUT2D eigenvalue weighted by atomic mass is 32.2. The van der Waals surface area contributed by atoms with Crippen molar-refractivity contribution in [1.29, 1.82) is 0 Å². The molecule has 2 rings (SSSR count). The minimum absolute atomic E-state index is 0.0464. The van der Waals surface area contributed by atoms with Crippen molar-refractivity contribution in [2.24, 2.45) is 7.05 Å². The Hall–Kier alpha value is -1.17. The van der Waals surface area contributed by atoms with Crippen molar-refractivity contribution in [3.8, 4) is 0 Å². The number of carbonyl (C=O) groups is 1. The number of aromatic nitrogens is 2. The molecule has 15 heavy (non-hydrogen) atoms. The van der Waals surface area contributed by atoms with E-state index < -0.39 is 9.84 Å². The molecule has 0 amide bonds. The summed E-state index contributed by atoms with van der Waals surface area (Å²) in [5.41, 5.74) is 1.19. The van der Waals surface area contributed by atoms with E-state index in [2.05, 4.69) is 5.10 Å². The maximum Gasteiger partial charge on any atom is 0.168 e. The number of hydrogen-bond donors (Lipinski definition) is 0. The summed E-state index contributed by atoms with van der Waals surface area (Å²) in [4.78, 5) is 10.6. The smallest absolute Gasteiger partial charge is 0.168 e. The maximum atomic E-state index is 11.3. The largest absolute Gasteiger partial charge is 0.296 e. The first-order chi connectivity index (χ1) is 7.02. The van der Waals surface area contributed by atoms with Crippen LogP contribution in [0.4, 0.5) is 0 Å². The van der Waals surface area contributed by atoms with Crippen LogP contribution in [0.25, 0.3) is 0 Å². The van der Waals surface area contributed by atoms with E-state index in [4.69, 9.17) is 0 Å². The van der Waals surface area contributed by atoms with Crippen LogP contribution >= 0.6 is 0 Å². The van der Waals surface area contributed by atoms with E-state index in [1.807, 2.05) is 0 Å². The molecule has 1 aromatic rings. The number of nitrogens with zero attached hydrogens (tertiary/aromatic N) is 2. The monoisotopic (exact) mass is 228 g/mol. The lowest BCUT2D eigenvalue weighted by Crippen LogP contribution is -2.04. The fraction of sp³-hybridized carbons (Fsp3) is 0.556. The fourth-order valence-corrected chi connectivity index (χ4v) is 3.60. The van der Waals surface area contributed by atoms with Crippen molar-refractivity contribution in [2.45, 2.75) is 12.3 Å². The Morgan fingerprint density at radius 3 is 2.80 bits per heavy atom. The molecule has 1 fully saturated rings. The minimum Gasteiger partial charge on any atom is -0.296 e. The summed E-state index contributed by atoms with van der Waals surface area (Å²) in [7, 11) is -1.21. The molecule has 0 bridgehead atoms. The van der Waals surface area contributed by atoms with Crippen molar-refractivity contribution in [3.63, 3.8) is 0 Å². The van der Waals surface area contributed by atoms with Crippen LogP contribution in [0.5, 0.6) is 0 Å². The molecule has 0 radical (unpaired) electrons. The average Bonchev–Trinajstić information content (AvgIpc) is 2.69. The Kier molecular flexibility index (Phi) is 2.38. The van der Waals surface area contributed by atoms with Crippen LogP contribution < -0.4 is 0 Å². The van der Waals surface area contributed by atoms with Crippen LogP contribution in [-0.2, 0) is 16.9 Å². The van der Waals surface area contributed by atoms with Crippen LogP contribution in [0.2, 0.25) is 0 Å². The third-order valence-corrected chi connectivity index (χ3v) is 4.47. The van der Waals surface area contributed by atoms with E-state index in [0.717, 1.165) is 6.29 Å². The molecule has 2 heterocycles. The van der Waals surface area contributed by atoms with Crippen molar-refractivity contribution in [1.82, 2.24) is 9.78 Å². The first-order valence-corrected chi connectivity index (χ1v) is 6.53. The second kappa shape index (κ2) is 3.44. The molecule has 82 valence electrons. The zero-order valence-corrected chi connectivity index (χ0v) is 9.20. The number of hydrogen-bond acceptors (Lipinski definition) is 4. The SMILES string of the molecule is Cn1nc(C2CCS(=O)(=O)C2)cc1C=O. The molecule has 1 atom stereocenters. The maximum absolute atomic E-state index is 11.3. The first kappa shape index (κ1) is 10.4. The van der Waals surface area contributed by atoms with Crippen molar-refractivity contribution >= 4 is 16.1 Å². The quantitative estimate of drug-likeness (QED) is 0.675. The molecule has 5 nitrogen and oxygen atoms in total. The molecule has 0 spiro atoms. The zero-order chi connectivity index (χ0) is 11.1. The average molecular weight is 228 g/mol. The minimum atomic E-state index is -2.89. The molecule has 0 N–H and O–H groups in total. The van der Waals surface area contributed by atoms with E-state index in [1.54, 1.807) is 13.1 Å². The van der Waals surface area contributed by atoms with Gasteiger partial charge in [0.2, 0.25) is 0 Å². The lowest BCUT2D eigenvalue weighted by molar-refractivity contribution is 0.111. The number of carbonyl (C=O) groups excluding carboxylic acids is 1. The van der Waals surface area contributed by atoms with Gasteiger partial charge < -0.3 is 0 Å². The third kappa shape index (κ3) is 1.94. The van der Waals surface area contributed by atoms with E-state index in [-0.39, 0.29) is 17.4 Å². The number of rotatable bonds is 2. The van der Waals surface area contributed by atoms with Crippen LogP contribution in [0.15, 0.2) is 6.07 Å². The van der Waals surface area contributed by atoms with E-state index in [0.29, 0.717) is 17.8 Å². The van der Waals surface area contributed by atoms with Gasteiger partial charge in [-0.25, -0.2) is 8.42 Å². The van der Waals surface area contributed by atoms with Gasteiger partial charge in [0.15, 0.2) is 16.1 Å². The van der Waals surface area contributed by atoms with E-state index in [9.17, 15) is 13.2 Å². The van der Waals surface area contributed by atoms with Gasteiger partial charge in [-0.3, -0.25) is 9.48 Å². The van der Waals surface area contributed by atoms with Gasteiger partial charge in [0.25, 0.3) is 0 Å². The second-order valence-corrected chi connectivity index (χ2v) is 6.06. The van der Waals surface area contributed by atoms with Gasteiger partial charge in [-0.05, 0) is 12.5 Å². The second-order valence-electron chi connectivity index (χ2n) is 3.84. The summed E-state index contributed by atoms with van der Waals surface area (Å²) >= 11 is 0. The highest BCUT2D eigenvalue weighted by Gasteiger charge is 2.30. The molecular weight excluding hydrogens is 216 g/mol. The Bertz CT molecular complexity index is 489. The highest BCUT2D eigenvalue weighted by molar-refractivity contribution is 7.91. The van der Waals surface area contributed by atoms with Gasteiger partial charge in [-0.15, -0.1) is 0 Å². The standard InChI is InChI=1S/C9H12N2O3S/c1-11-8(5-12)4-9(10-11)7-2-3-15(13,14)6-7/h4-5,7H,2-3,6H2,1H3. The van der Waals surface area contributed by atoms with Crippen molar-refractivity contribution in [3.05, 3.63) is 17.5 Å². The molecular formula is C9H12N2O3S. The van der Waals surface area contributed by atoms with E-state index in [1.165, 1.54) is 4.68 Å². The van der Waals surface area contributed by atoms with Gasteiger partial charge in [-0.2, -0.15) is 5.10 Å². The number of sulfone groups is 1. The molecule has 1 aliphatic rings. The Labute approximate surface area is 88.0 Å². The van der Waals surface area contributed by atoms with Crippen molar-refractivity contribution < 1.29 is 13.2 Å². The van der Waals surface area contributed by atoms with Gasteiger partial charge in [-0.1, -0.05) is 0 Å². The summed E-state index contributed by atoms with van der Waals surface area (Å²) in [6.07, 6.45) is 1.33.